The highest BCUT2D eigenvalue weighted by Gasteiger charge is 2.45. The summed E-state index contributed by atoms with van der Waals surface area (Å²) in [7, 11) is 0. The normalized spacial score (nSPS) is 22.7. The van der Waals surface area contributed by atoms with Crippen LogP contribution in [0.1, 0.15) is 62.6 Å². The summed E-state index contributed by atoms with van der Waals surface area (Å²) >= 11 is 0. The van der Waals surface area contributed by atoms with E-state index in [4.69, 9.17) is 15.0 Å². The van der Waals surface area contributed by atoms with E-state index in [9.17, 15) is 5.26 Å². The molecule has 1 heterocycles. The van der Waals surface area contributed by atoms with Crippen LogP contribution in [-0.4, -0.2) is 15.0 Å². The van der Waals surface area contributed by atoms with Crippen LogP contribution in [0.2, 0.25) is 0 Å². The number of nitriles is 1. The van der Waals surface area contributed by atoms with E-state index in [1.54, 1.807) is 0 Å². The summed E-state index contributed by atoms with van der Waals surface area (Å²) in [5.41, 5.74) is 8.49. The molecule has 4 heteroatoms. The Bertz CT molecular complexity index is 1780. The van der Waals surface area contributed by atoms with E-state index in [2.05, 4.69) is 63.2 Å². The lowest BCUT2D eigenvalue weighted by Crippen LogP contribution is -2.42. The maximum atomic E-state index is 10.1. The van der Waals surface area contributed by atoms with Gasteiger partial charge in [0.25, 0.3) is 0 Å². The van der Waals surface area contributed by atoms with Crippen LogP contribution >= 0.6 is 0 Å². The highest BCUT2D eigenvalue weighted by atomic mass is 15.0. The van der Waals surface area contributed by atoms with Gasteiger partial charge in [0.05, 0.1) is 11.6 Å². The quantitative estimate of drug-likeness (QED) is 0.210. The molecule has 2 unspecified atom stereocenters. The molecule has 0 amide bonds. The maximum Gasteiger partial charge on any atom is 0.164 e. The molecule has 1 aromatic heterocycles. The Morgan fingerprint density at radius 2 is 1.23 bits per heavy atom. The first-order valence-corrected chi connectivity index (χ1v) is 15.9. The molecule has 2 aliphatic rings. The number of aryl methyl sites for hydroxylation is 1. The fraction of sp³-hybridized carbons (Fsp3) is 0.300. The van der Waals surface area contributed by atoms with Crippen molar-refractivity contribution in [1.82, 2.24) is 15.0 Å². The van der Waals surface area contributed by atoms with Crippen molar-refractivity contribution >= 4 is 0 Å². The Labute approximate surface area is 260 Å². The number of benzene rings is 4. The van der Waals surface area contributed by atoms with Gasteiger partial charge in [-0.2, -0.15) is 5.26 Å². The highest BCUT2D eigenvalue weighted by molar-refractivity contribution is 5.74. The SMILES string of the molecule is Cc1cc(-c2cc(C#N)cc(C34CC(C[C@@H](C)C3)C[C@H](C)C4)c2)ccc1-c1nc(-c2ccccc2)nc(-c2ccccc2)n1. The molecule has 4 atom stereocenters. The molecule has 2 bridgehead atoms. The highest BCUT2D eigenvalue weighted by Crippen LogP contribution is 2.54. The van der Waals surface area contributed by atoms with Crippen LogP contribution in [-0.2, 0) is 5.41 Å². The minimum absolute atomic E-state index is 0.170. The van der Waals surface area contributed by atoms with Gasteiger partial charge < -0.3 is 0 Å². The topological polar surface area (TPSA) is 62.5 Å². The zero-order valence-electron chi connectivity index (χ0n) is 25.8. The third-order valence-electron chi connectivity index (χ3n) is 9.80. The fourth-order valence-electron chi connectivity index (χ4n) is 8.25. The molecule has 0 N–H and O–H groups in total. The minimum Gasteiger partial charge on any atom is -0.208 e. The Kier molecular flexibility index (Phi) is 7.34. The molecule has 0 spiro atoms. The number of aromatic nitrogens is 3. The second-order valence-corrected chi connectivity index (χ2v) is 13.4. The van der Waals surface area contributed by atoms with E-state index < -0.39 is 0 Å². The summed E-state index contributed by atoms with van der Waals surface area (Å²) in [4.78, 5) is 14.7. The van der Waals surface area contributed by atoms with Gasteiger partial charge in [0.2, 0.25) is 0 Å². The molecule has 2 saturated carbocycles. The molecule has 4 aromatic carbocycles. The van der Waals surface area contributed by atoms with Crippen LogP contribution in [0.15, 0.2) is 97.1 Å². The fourth-order valence-corrected chi connectivity index (χ4v) is 8.25. The van der Waals surface area contributed by atoms with Crippen LogP contribution in [0.4, 0.5) is 0 Å². The van der Waals surface area contributed by atoms with Crippen LogP contribution < -0.4 is 0 Å². The van der Waals surface area contributed by atoms with E-state index >= 15 is 0 Å². The van der Waals surface area contributed by atoms with Crippen molar-refractivity contribution in [1.29, 1.82) is 5.26 Å². The maximum absolute atomic E-state index is 10.1. The largest absolute Gasteiger partial charge is 0.208 e. The first-order valence-electron chi connectivity index (χ1n) is 15.9. The minimum atomic E-state index is 0.170. The van der Waals surface area contributed by atoms with E-state index in [-0.39, 0.29) is 5.41 Å². The van der Waals surface area contributed by atoms with Crippen molar-refractivity contribution in [2.45, 2.75) is 58.3 Å². The summed E-state index contributed by atoms with van der Waals surface area (Å²) in [5, 5.41) is 10.1. The molecule has 5 aromatic rings. The molecule has 7 rings (SSSR count). The predicted molar refractivity (Wildman–Crippen MR) is 178 cm³/mol. The molecule has 4 nitrogen and oxygen atoms in total. The molecule has 2 fully saturated rings. The standard InChI is InChI=1S/C40H38N4/c1-26-16-29-17-27(2)23-40(22-26,24-29)35-20-30(25-41)19-34(21-35)33-14-15-36(28(3)18-33)39-43-37(31-10-6-4-7-11-31)42-38(44-39)32-12-8-5-9-13-32/h4-15,18-21,26-27,29H,16-17,22-24H2,1-3H3/t26-,27+,29?,40?. The predicted octanol–water partition coefficient (Wildman–Crippen LogP) is 9.82. The van der Waals surface area contributed by atoms with Gasteiger partial charge >= 0.3 is 0 Å². The summed E-state index contributed by atoms with van der Waals surface area (Å²) in [6.45, 7) is 6.96. The summed E-state index contributed by atoms with van der Waals surface area (Å²) in [5.74, 6) is 4.21. The Hall–Kier alpha value is -4.62. The Morgan fingerprint density at radius 3 is 1.80 bits per heavy atom. The molecule has 0 aliphatic heterocycles. The average Bonchev–Trinajstić information content (AvgIpc) is 3.04. The number of fused-ring (bicyclic) bond motifs is 2. The van der Waals surface area contributed by atoms with Crippen LogP contribution in [0, 0.1) is 36.0 Å². The lowest BCUT2D eigenvalue weighted by Gasteiger charge is -2.50. The van der Waals surface area contributed by atoms with E-state index in [0.717, 1.165) is 56.7 Å². The number of hydrogen-bond donors (Lipinski definition) is 0. The van der Waals surface area contributed by atoms with Crippen molar-refractivity contribution in [3.05, 3.63) is 114 Å². The first-order chi connectivity index (χ1) is 21.4. The van der Waals surface area contributed by atoms with Gasteiger partial charge in [-0.25, -0.2) is 15.0 Å². The molecular weight excluding hydrogens is 536 g/mol. The van der Waals surface area contributed by atoms with Gasteiger partial charge in [0, 0.05) is 16.7 Å². The zero-order valence-corrected chi connectivity index (χ0v) is 25.8. The summed E-state index contributed by atoms with van der Waals surface area (Å²) in [6.07, 6.45) is 6.36. The van der Waals surface area contributed by atoms with Gasteiger partial charge in [0.1, 0.15) is 0 Å². The van der Waals surface area contributed by atoms with Crippen LogP contribution in [0.25, 0.3) is 45.3 Å². The number of rotatable bonds is 5. The van der Waals surface area contributed by atoms with Crippen LogP contribution in [0.3, 0.4) is 0 Å². The smallest absolute Gasteiger partial charge is 0.164 e. The molecular formula is C40H38N4. The lowest BCUT2D eigenvalue weighted by molar-refractivity contribution is 0.0780. The second kappa shape index (κ2) is 11.5. The third kappa shape index (κ3) is 5.44. The van der Waals surface area contributed by atoms with E-state index in [1.807, 2.05) is 60.7 Å². The third-order valence-corrected chi connectivity index (χ3v) is 9.80. The van der Waals surface area contributed by atoms with Crippen molar-refractivity contribution in [2.75, 3.05) is 0 Å². The van der Waals surface area contributed by atoms with Gasteiger partial charge in [-0.1, -0.05) is 98.8 Å². The first kappa shape index (κ1) is 28.2. The van der Waals surface area contributed by atoms with Gasteiger partial charge in [-0.05, 0) is 96.6 Å². The van der Waals surface area contributed by atoms with Crippen molar-refractivity contribution in [2.24, 2.45) is 17.8 Å². The average molecular weight is 575 g/mol. The molecule has 218 valence electrons. The lowest BCUT2D eigenvalue weighted by atomic mass is 9.54. The van der Waals surface area contributed by atoms with Gasteiger partial charge in [-0.3, -0.25) is 0 Å². The summed E-state index contributed by atoms with van der Waals surface area (Å²) < 4.78 is 0. The zero-order chi connectivity index (χ0) is 30.3. The van der Waals surface area contributed by atoms with Crippen LogP contribution in [0.5, 0.6) is 0 Å². The van der Waals surface area contributed by atoms with Crippen molar-refractivity contribution in [3.8, 4) is 51.4 Å². The number of hydrogen-bond acceptors (Lipinski definition) is 4. The molecule has 0 saturated heterocycles. The molecule has 0 radical (unpaired) electrons. The van der Waals surface area contributed by atoms with Gasteiger partial charge in [0.15, 0.2) is 17.5 Å². The van der Waals surface area contributed by atoms with Gasteiger partial charge in [-0.15, -0.1) is 0 Å². The monoisotopic (exact) mass is 574 g/mol. The molecule has 44 heavy (non-hydrogen) atoms. The Morgan fingerprint density at radius 1 is 0.636 bits per heavy atom. The Balaban J connectivity index is 1.30. The number of nitrogens with zero attached hydrogens (tertiary/aromatic N) is 4. The summed E-state index contributed by atoms with van der Waals surface area (Å²) in [6, 6.07) is 35.8. The van der Waals surface area contributed by atoms with E-state index in [0.29, 0.717) is 17.5 Å². The molecule has 2 aliphatic carbocycles. The van der Waals surface area contributed by atoms with E-state index in [1.165, 1.54) is 37.7 Å². The van der Waals surface area contributed by atoms with Crippen molar-refractivity contribution in [3.63, 3.8) is 0 Å². The second-order valence-electron chi connectivity index (χ2n) is 13.4. The van der Waals surface area contributed by atoms with Crippen molar-refractivity contribution < 1.29 is 0 Å².